The number of amides is 1. The van der Waals surface area contributed by atoms with E-state index in [1.165, 1.54) is 28.3 Å². The van der Waals surface area contributed by atoms with Crippen LogP contribution < -0.4 is 0 Å². The van der Waals surface area contributed by atoms with Crippen molar-refractivity contribution in [2.75, 3.05) is 19.8 Å². The van der Waals surface area contributed by atoms with Gasteiger partial charge in [0, 0.05) is 24.1 Å². The van der Waals surface area contributed by atoms with Crippen LogP contribution >= 0.6 is 0 Å². The molecule has 0 radical (unpaired) electrons. The third-order valence-corrected chi connectivity index (χ3v) is 8.47. The maximum Gasteiger partial charge on any atom is 0.410 e. The fraction of sp³-hybridized carbons (Fsp3) is 0.281. The van der Waals surface area contributed by atoms with Crippen LogP contribution in [0.2, 0.25) is 0 Å². The number of fused-ring (bicyclic) bond motifs is 6. The second-order valence-electron chi connectivity index (χ2n) is 10.6. The van der Waals surface area contributed by atoms with E-state index in [0.717, 1.165) is 0 Å². The Labute approximate surface area is 220 Å². The number of hydrogen-bond acceptors (Lipinski definition) is 4. The molecule has 2 fully saturated rings. The molecule has 0 aromatic heterocycles. The molecule has 1 N–H and O–H groups in total. The molecule has 6 heteroatoms. The SMILES string of the molecule is O=C(OCC1c2ccccc2-c2ccccc21)N1C2COCC1CC(O)(c1ccc(F)c3ccccc13)C2. The molecular formula is C32H28FNO4. The molecular weight excluding hydrogens is 481 g/mol. The lowest BCUT2D eigenvalue weighted by Crippen LogP contribution is -2.62. The van der Waals surface area contributed by atoms with E-state index >= 15 is 0 Å². The number of carbonyl (C=O) groups excluding carboxylic acids is 1. The quantitative estimate of drug-likeness (QED) is 0.369. The smallest absolute Gasteiger partial charge is 0.410 e. The lowest BCUT2D eigenvalue weighted by Gasteiger charge is -2.51. The van der Waals surface area contributed by atoms with Gasteiger partial charge in [0.2, 0.25) is 0 Å². The van der Waals surface area contributed by atoms with Gasteiger partial charge in [0.1, 0.15) is 12.4 Å². The molecule has 1 amide bonds. The highest BCUT2D eigenvalue weighted by molar-refractivity contribution is 5.87. The van der Waals surface area contributed by atoms with Gasteiger partial charge in [-0.15, -0.1) is 0 Å². The summed E-state index contributed by atoms with van der Waals surface area (Å²) in [6, 6.07) is 26.2. The second-order valence-corrected chi connectivity index (χ2v) is 10.6. The van der Waals surface area contributed by atoms with Crippen LogP contribution in [-0.4, -0.2) is 48.0 Å². The van der Waals surface area contributed by atoms with E-state index < -0.39 is 5.60 Å². The molecule has 0 saturated carbocycles. The van der Waals surface area contributed by atoms with Crippen molar-refractivity contribution in [1.29, 1.82) is 0 Å². The monoisotopic (exact) mass is 509 g/mol. The van der Waals surface area contributed by atoms with Gasteiger partial charge in [-0.1, -0.05) is 78.9 Å². The molecule has 7 rings (SSSR count). The maximum absolute atomic E-state index is 14.5. The molecule has 2 heterocycles. The summed E-state index contributed by atoms with van der Waals surface area (Å²) in [6.07, 6.45) is 0.211. The molecule has 0 spiro atoms. The Balaban J connectivity index is 1.13. The zero-order valence-electron chi connectivity index (χ0n) is 20.8. The lowest BCUT2D eigenvalue weighted by atomic mass is 9.75. The molecule has 5 nitrogen and oxygen atoms in total. The first-order valence-electron chi connectivity index (χ1n) is 13.1. The number of hydrogen-bond donors (Lipinski definition) is 1. The van der Waals surface area contributed by atoms with E-state index in [9.17, 15) is 14.3 Å². The first-order chi connectivity index (χ1) is 18.5. The van der Waals surface area contributed by atoms with Crippen molar-refractivity contribution in [3.05, 3.63) is 107 Å². The molecule has 2 bridgehead atoms. The van der Waals surface area contributed by atoms with Gasteiger partial charge in [-0.3, -0.25) is 4.90 Å². The highest BCUT2D eigenvalue weighted by Gasteiger charge is 2.50. The predicted octanol–water partition coefficient (Wildman–Crippen LogP) is 5.98. The number of halogens is 1. The largest absolute Gasteiger partial charge is 0.448 e. The summed E-state index contributed by atoms with van der Waals surface area (Å²) in [7, 11) is 0. The molecule has 2 saturated heterocycles. The minimum absolute atomic E-state index is 0.0188. The summed E-state index contributed by atoms with van der Waals surface area (Å²) >= 11 is 0. The van der Waals surface area contributed by atoms with E-state index in [1.807, 2.05) is 36.4 Å². The first kappa shape index (κ1) is 23.4. The minimum atomic E-state index is -1.20. The van der Waals surface area contributed by atoms with Gasteiger partial charge in [0.05, 0.1) is 30.9 Å². The fourth-order valence-electron chi connectivity index (χ4n) is 6.83. The van der Waals surface area contributed by atoms with Crippen molar-refractivity contribution in [1.82, 2.24) is 4.90 Å². The van der Waals surface area contributed by atoms with E-state index in [0.29, 0.717) is 42.4 Å². The van der Waals surface area contributed by atoms with Crippen LogP contribution in [0.25, 0.3) is 21.9 Å². The summed E-state index contributed by atoms with van der Waals surface area (Å²) in [5, 5.41) is 13.1. The Morgan fingerprint density at radius 1 is 0.868 bits per heavy atom. The van der Waals surface area contributed by atoms with Gasteiger partial charge in [0.25, 0.3) is 0 Å². The zero-order valence-corrected chi connectivity index (χ0v) is 20.8. The summed E-state index contributed by atoms with van der Waals surface area (Å²) in [6.45, 7) is 0.890. The standard InChI is InChI=1S/C32H28FNO4/c33-30-14-13-29(26-11-5-6-12-27(26)30)32(36)15-20-17-37-18-21(16-32)34(20)31(35)38-19-28-24-9-3-1-7-22(24)23-8-2-4-10-25(23)28/h1-14,20-21,28,36H,15-19H2. The molecule has 4 aromatic carbocycles. The maximum atomic E-state index is 14.5. The van der Waals surface area contributed by atoms with Crippen molar-refractivity contribution in [2.24, 2.45) is 0 Å². The van der Waals surface area contributed by atoms with E-state index in [2.05, 4.69) is 24.3 Å². The fourth-order valence-corrected chi connectivity index (χ4v) is 6.83. The molecule has 4 aromatic rings. The third kappa shape index (κ3) is 3.62. The molecule has 3 aliphatic rings. The van der Waals surface area contributed by atoms with E-state index in [1.54, 1.807) is 23.1 Å². The van der Waals surface area contributed by atoms with Crippen LogP contribution in [0.3, 0.4) is 0 Å². The van der Waals surface area contributed by atoms with Gasteiger partial charge >= 0.3 is 6.09 Å². The van der Waals surface area contributed by atoms with Crippen LogP contribution in [0.5, 0.6) is 0 Å². The summed E-state index contributed by atoms with van der Waals surface area (Å²) < 4.78 is 26.3. The molecule has 38 heavy (non-hydrogen) atoms. The Morgan fingerprint density at radius 2 is 1.45 bits per heavy atom. The van der Waals surface area contributed by atoms with Crippen molar-refractivity contribution >= 4 is 16.9 Å². The number of benzene rings is 4. The number of morpholine rings is 1. The molecule has 2 atom stereocenters. The number of piperidine rings is 1. The minimum Gasteiger partial charge on any atom is -0.448 e. The van der Waals surface area contributed by atoms with Crippen LogP contribution in [0, 0.1) is 5.82 Å². The van der Waals surface area contributed by atoms with Crippen LogP contribution in [0.15, 0.2) is 84.9 Å². The van der Waals surface area contributed by atoms with Crippen molar-refractivity contribution < 1.29 is 23.8 Å². The van der Waals surface area contributed by atoms with E-state index in [-0.39, 0.29) is 36.5 Å². The van der Waals surface area contributed by atoms with Gasteiger partial charge in [-0.2, -0.15) is 0 Å². The predicted molar refractivity (Wildman–Crippen MR) is 142 cm³/mol. The average Bonchev–Trinajstić information content (AvgIpc) is 3.25. The Morgan fingerprint density at radius 3 is 2.11 bits per heavy atom. The van der Waals surface area contributed by atoms with Crippen LogP contribution in [-0.2, 0) is 15.1 Å². The topological polar surface area (TPSA) is 59.0 Å². The van der Waals surface area contributed by atoms with Crippen molar-refractivity contribution in [3.63, 3.8) is 0 Å². The van der Waals surface area contributed by atoms with Gasteiger partial charge in [0.15, 0.2) is 0 Å². The number of ether oxygens (including phenoxy) is 2. The summed E-state index contributed by atoms with van der Waals surface area (Å²) in [5.74, 6) is -0.331. The highest BCUT2D eigenvalue weighted by atomic mass is 19.1. The lowest BCUT2D eigenvalue weighted by molar-refractivity contribution is -0.136. The Hall–Kier alpha value is -3.74. The molecule has 2 unspecified atom stereocenters. The van der Waals surface area contributed by atoms with Gasteiger partial charge < -0.3 is 14.6 Å². The Bertz CT molecular complexity index is 1490. The molecule has 1 aliphatic carbocycles. The number of aliphatic hydroxyl groups is 1. The number of rotatable bonds is 3. The van der Waals surface area contributed by atoms with Crippen LogP contribution in [0.1, 0.15) is 35.4 Å². The van der Waals surface area contributed by atoms with Crippen molar-refractivity contribution in [2.45, 2.75) is 36.4 Å². The van der Waals surface area contributed by atoms with Crippen molar-refractivity contribution in [3.8, 4) is 11.1 Å². The van der Waals surface area contributed by atoms with E-state index in [4.69, 9.17) is 9.47 Å². The van der Waals surface area contributed by atoms with Gasteiger partial charge in [-0.05, 0) is 39.3 Å². The highest BCUT2D eigenvalue weighted by Crippen LogP contribution is 2.46. The normalized spacial score (nSPS) is 24.2. The molecule has 192 valence electrons. The molecule has 2 aliphatic heterocycles. The zero-order chi connectivity index (χ0) is 25.9. The second kappa shape index (κ2) is 8.93. The van der Waals surface area contributed by atoms with Gasteiger partial charge in [-0.25, -0.2) is 9.18 Å². The average molecular weight is 510 g/mol. The first-order valence-corrected chi connectivity index (χ1v) is 13.1. The van der Waals surface area contributed by atoms with Crippen LogP contribution in [0.4, 0.5) is 9.18 Å². The summed E-state index contributed by atoms with van der Waals surface area (Å²) in [4.78, 5) is 15.3. The Kier molecular flexibility index (Phi) is 5.49. The summed E-state index contributed by atoms with van der Waals surface area (Å²) in [5.41, 5.74) is 4.20. The number of nitrogens with zero attached hydrogens (tertiary/aromatic N) is 1. The number of carbonyl (C=O) groups is 1. The third-order valence-electron chi connectivity index (χ3n) is 8.47.